The molecule has 1 aromatic rings. The Morgan fingerprint density at radius 2 is 2.15 bits per heavy atom. The first kappa shape index (κ1) is 15.0. The number of aliphatic imine (C=N–C) groups is 1. The molecule has 0 saturated heterocycles. The molecular weight excluding hydrogens is 268 g/mol. The monoisotopic (exact) mass is 292 g/mol. The Labute approximate surface area is 125 Å². The minimum absolute atomic E-state index is 0.500. The number of hydrogen-bond donors (Lipinski definition) is 2. The lowest BCUT2D eigenvalue weighted by Gasteiger charge is -2.16. The fourth-order valence-electron chi connectivity index (χ4n) is 2.32. The van der Waals surface area contributed by atoms with E-state index in [1.54, 1.807) is 11.3 Å². The van der Waals surface area contributed by atoms with Gasteiger partial charge in [-0.05, 0) is 33.6 Å². The second-order valence-corrected chi connectivity index (χ2v) is 6.32. The first-order valence-corrected chi connectivity index (χ1v) is 8.13. The van der Waals surface area contributed by atoms with E-state index in [2.05, 4.69) is 53.5 Å². The van der Waals surface area contributed by atoms with Crippen LogP contribution in [0.15, 0.2) is 17.1 Å². The quantitative estimate of drug-likeness (QED) is 0.498. The van der Waals surface area contributed by atoms with Crippen LogP contribution in [0.2, 0.25) is 0 Å². The Morgan fingerprint density at radius 3 is 2.75 bits per heavy atom. The van der Waals surface area contributed by atoms with Gasteiger partial charge in [-0.2, -0.15) is 0 Å². The highest BCUT2D eigenvalue weighted by molar-refractivity contribution is 7.11. The molecule has 0 amide bonds. The summed E-state index contributed by atoms with van der Waals surface area (Å²) < 4.78 is 0. The largest absolute Gasteiger partial charge is 0.357 e. The number of nitrogens with one attached hydrogen (secondary N) is 2. The zero-order valence-electron chi connectivity index (χ0n) is 12.6. The first-order chi connectivity index (χ1) is 9.69. The summed E-state index contributed by atoms with van der Waals surface area (Å²) in [5.41, 5.74) is 1.15. The topological polar surface area (TPSA) is 49.3 Å². The summed E-state index contributed by atoms with van der Waals surface area (Å²) in [6.07, 6.45) is 7.61. The summed E-state index contributed by atoms with van der Waals surface area (Å²) in [5.74, 6) is 0.931. The van der Waals surface area contributed by atoms with Crippen LogP contribution in [-0.2, 0) is 6.42 Å². The molecule has 1 aromatic heterocycles. The molecule has 1 heterocycles. The zero-order valence-corrected chi connectivity index (χ0v) is 13.4. The summed E-state index contributed by atoms with van der Waals surface area (Å²) in [6.45, 7) is 7.93. The summed E-state index contributed by atoms with van der Waals surface area (Å²) in [7, 11) is 0. The van der Waals surface area contributed by atoms with Crippen LogP contribution < -0.4 is 10.6 Å². The number of thiazole rings is 1. The number of aromatic nitrogens is 1. The molecular formula is C15H24N4S. The van der Waals surface area contributed by atoms with E-state index >= 15 is 0 Å². The van der Waals surface area contributed by atoms with E-state index in [4.69, 9.17) is 0 Å². The van der Waals surface area contributed by atoms with E-state index in [0.717, 1.165) is 49.0 Å². The van der Waals surface area contributed by atoms with Crippen molar-refractivity contribution in [2.75, 3.05) is 13.1 Å². The van der Waals surface area contributed by atoms with Gasteiger partial charge in [0.1, 0.15) is 0 Å². The Kier molecular flexibility index (Phi) is 5.59. The summed E-state index contributed by atoms with van der Waals surface area (Å²) in [5, 5.41) is 7.94. The molecule has 5 heteroatoms. The average molecular weight is 292 g/mol. The molecule has 0 aliphatic heterocycles. The van der Waals surface area contributed by atoms with Gasteiger partial charge >= 0.3 is 0 Å². The molecule has 0 saturated carbocycles. The number of rotatable bonds is 5. The Balaban J connectivity index is 1.86. The van der Waals surface area contributed by atoms with Gasteiger partial charge in [-0.1, -0.05) is 12.2 Å². The second-order valence-electron chi connectivity index (χ2n) is 5.04. The third-order valence-corrected chi connectivity index (χ3v) is 4.43. The van der Waals surface area contributed by atoms with E-state index in [1.165, 1.54) is 4.88 Å². The standard InChI is InChI=1S/C15H24N4S/c1-4-16-15(19-13-7-5-6-8-13)17-10-9-14-11(2)18-12(3)20-14/h5-6,13H,4,7-10H2,1-3H3,(H2,16,17,19). The van der Waals surface area contributed by atoms with Gasteiger partial charge in [-0.15, -0.1) is 11.3 Å². The van der Waals surface area contributed by atoms with Crippen molar-refractivity contribution in [3.05, 3.63) is 27.7 Å². The molecule has 0 fully saturated rings. The molecule has 0 atom stereocenters. The Morgan fingerprint density at radius 1 is 1.40 bits per heavy atom. The molecule has 4 nitrogen and oxygen atoms in total. The predicted molar refractivity (Wildman–Crippen MR) is 86.6 cm³/mol. The van der Waals surface area contributed by atoms with Gasteiger partial charge < -0.3 is 10.6 Å². The molecule has 0 radical (unpaired) electrons. The third kappa shape index (κ3) is 4.34. The van der Waals surface area contributed by atoms with Crippen molar-refractivity contribution in [1.82, 2.24) is 15.6 Å². The normalized spacial score (nSPS) is 15.8. The lowest BCUT2D eigenvalue weighted by molar-refractivity contribution is 0.633. The van der Waals surface area contributed by atoms with E-state index < -0.39 is 0 Å². The highest BCUT2D eigenvalue weighted by Crippen LogP contribution is 2.17. The smallest absolute Gasteiger partial charge is 0.191 e. The second kappa shape index (κ2) is 7.43. The molecule has 20 heavy (non-hydrogen) atoms. The van der Waals surface area contributed by atoms with Crippen molar-refractivity contribution in [2.45, 2.75) is 46.1 Å². The first-order valence-electron chi connectivity index (χ1n) is 7.31. The van der Waals surface area contributed by atoms with Gasteiger partial charge in [0.2, 0.25) is 0 Å². The molecule has 0 bridgehead atoms. The van der Waals surface area contributed by atoms with Gasteiger partial charge in [0.25, 0.3) is 0 Å². The van der Waals surface area contributed by atoms with Gasteiger partial charge in [-0.3, -0.25) is 4.99 Å². The maximum absolute atomic E-state index is 4.67. The fraction of sp³-hybridized carbons (Fsp3) is 0.600. The van der Waals surface area contributed by atoms with Gasteiger partial charge in [0.15, 0.2) is 5.96 Å². The fourth-order valence-corrected chi connectivity index (χ4v) is 3.25. The van der Waals surface area contributed by atoms with Crippen LogP contribution in [0.5, 0.6) is 0 Å². The highest BCUT2D eigenvalue weighted by atomic mass is 32.1. The number of guanidine groups is 1. The lowest BCUT2D eigenvalue weighted by Crippen LogP contribution is -2.42. The predicted octanol–water partition coefficient (Wildman–Crippen LogP) is 2.58. The lowest BCUT2D eigenvalue weighted by atomic mass is 10.2. The van der Waals surface area contributed by atoms with Crippen molar-refractivity contribution in [3.63, 3.8) is 0 Å². The summed E-state index contributed by atoms with van der Waals surface area (Å²) in [4.78, 5) is 10.5. The number of hydrogen-bond acceptors (Lipinski definition) is 3. The maximum Gasteiger partial charge on any atom is 0.191 e. The minimum Gasteiger partial charge on any atom is -0.357 e. The van der Waals surface area contributed by atoms with Gasteiger partial charge in [-0.25, -0.2) is 4.98 Å². The third-order valence-electron chi connectivity index (χ3n) is 3.30. The minimum atomic E-state index is 0.500. The number of aryl methyl sites for hydroxylation is 2. The van der Waals surface area contributed by atoms with Gasteiger partial charge in [0, 0.05) is 30.4 Å². The van der Waals surface area contributed by atoms with E-state index in [1.807, 2.05) is 0 Å². The van der Waals surface area contributed by atoms with Crippen molar-refractivity contribution < 1.29 is 0 Å². The van der Waals surface area contributed by atoms with Crippen LogP contribution in [0.1, 0.15) is 35.3 Å². The van der Waals surface area contributed by atoms with Crippen LogP contribution in [0.3, 0.4) is 0 Å². The van der Waals surface area contributed by atoms with Crippen LogP contribution in [0.4, 0.5) is 0 Å². The van der Waals surface area contributed by atoms with E-state index in [-0.39, 0.29) is 0 Å². The van der Waals surface area contributed by atoms with Gasteiger partial charge in [0.05, 0.1) is 10.7 Å². The van der Waals surface area contributed by atoms with Crippen LogP contribution in [0, 0.1) is 13.8 Å². The zero-order chi connectivity index (χ0) is 14.4. The average Bonchev–Trinajstić information content (AvgIpc) is 3.00. The Bertz CT molecular complexity index is 482. The molecule has 2 N–H and O–H groups in total. The van der Waals surface area contributed by atoms with Crippen molar-refractivity contribution in [1.29, 1.82) is 0 Å². The molecule has 1 aliphatic carbocycles. The maximum atomic E-state index is 4.67. The molecule has 0 spiro atoms. The van der Waals surface area contributed by atoms with Crippen molar-refractivity contribution in [3.8, 4) is 0 Å². The number of nitrogens with zero attached hydrogens (tertiary/aromatic N) is 2. The molecule has 0 aromatic carbocycles. The molecule has 110 valence electrons. The summed E-state index contributed by atoms with van der Waals surface area (Å²) in [6, 6.07) is 0.500. The van der Waals surface area contributed by atoms with Crippen molar-refractivity contribution in [2.24, 2.45) is 4.99 Å². The van der Waals surface area contributed by atoms with E-state index in [0.29, 0.717) is 6.04 Å². The van der Waals surface area contributed by atoms with Crippen LogP contribution in [0.25, 0.3) is 0 Å². The van der Waals surface area contributed by atoms with Crippen LogP contribution >= 0.6 is 11.3 Å². The molecule has 0 unspecified atom stereocenters. The Hall–Kier alpha value is -1.36. The summed E-state index contributed by atoms with van der Waals surface area (Å²) >= 11 is 1.78. The SMILES string of the molecule is CCNC(=NCCc1sc(C)nc1C)NC1CC=CC1. The van der Waals surface area contributed by atoms with Crippen LogP contribution in [-0.4, -0.2) is 30.1 Å². The van der Waals surface area contributed by atoms with E-state index in [9.17, 15) is 0 Å². The molecule has 2 rings (SSSR count). The highest BCUT2D eigenvalue weighted by Gasteiger charge is 2.11. The van der Waals surface area contributed by atoms with Crippen molar-refractivity contribution >= 4 is 17.3 Å². The molecule has 1 aliphatic rings.